The number of carbonyl (C=O) groups excluding carboxylic acids is 1. The lowest BCUT2D eigenvalue weighted by atomic mass is 10.1. The summed E-state index contributed by atoms with van der Waals surface area (Å²) in [5.74, 6) is 0.127. The summed E-state index contributed by atoms with van der Waals surface area (Å²) in [5.41, 5.74) is 0.775. The molecule has 1 aliphatic heterocycles. The summed E-state index contributed by atoms with van der Waals surface area (Å²) in [4.78, 5) is 17.3. The summed E-state index contributed by atoms with van der Waals surface area (Å²) in [7, 11) is -3.98. The Balaban J connectivity index is 1.54. The van der Waals surface area contributed by atoms with Crippen LogP contribution in [0.25, 0.3) is 10.2 Å². The number of thiazole rings is 1. The molecule has 0 bridgehead atoms. The van der Waals surface area contributed by atoms with Gasteiger partial charge in [0.05, 0.1) is 28.3 Å². The minimum atomic E-state index is -3.98. The third-order valence-electron chi connectivity index (χ3n) is 4.78. The lowest BCUT2D eigenvalue weighted by molar-refractivity contribution is -0.118. The zero-order valence-corrected chi connectivity index (χ0v) is 18.8. The summed E-state index contributed by atoms with van der Waals surface area (Å²) in [5, 5.41) is 3.16. The van der Waals surface area contributed by atoms with E-state index < -0.39 is 22.0 Å². The van der Waals surface area contributed by atoms with Crippen molar-refractivity contribution in [3.05, 3.63) is 42.5 Å². The number of benzene rings is 2. The third-order valence-corrected chi connectivity index (χ3v) is 7.18. The van der Waals surface area contributed by atoms with Crippen LogP contribution in [0.4, 0.5) is 5.13 Å². The number of hydrogen-bond acceptors (Lipinski definition) is 7. The number of sulfonamides is 1. The van der Waals surface area contributed by atoms with E-state index in [2.05, 4.69) is 15.0 Å². The maximum absolute atomic E-state index is 13.0. The number of carbonyl (C=O) groups is 1. The predicted molar refractivity (Wildman–Crippen MR) is 119 cm³/mol. The Morgan fingerprint density at radius 3 is 2.58 bits per heavy atom. The van der Waals surface area contributed by atoms with Crippen LogP contribution in [0, 0.1) is 5.92 Å². The SMILES string of the molecule is CC(C)[C@H](NS(=O)(=O)c1ccc2c(c1)OCCCO2)C(=O)Nc1nc2ccccc2s1. The van der Waals surface area contributed by atoms with Gasteiger partial charge in [0.15, 0.2) is 16.6 Å². The number of nitrogens with one attached hydrogen (secondary N) is 2. The van der Waals surface area contributed by atoms with Gasteiger partial charge in [-0.25, -0.2) is 13.4 Å². The Morgan fingerprint density at radius 1 is 1.10 bits per heavy atom. The van der Waals surface area contributed by atoms with E-state index in [9.17, 15) is 13.2 Å². The molecule has 0 radical (unpaired) electrons. The average molecular weight is 462 g/mol. The fourth-order valence-electron chi connectivity index (χ4n) is 3.15. The first-order valence-corrected chi connectivity index (χ1v) is 12.2. The van der Waals surface area contributed by atoms with E-state index in [1.165, 1.54) is 23.5 Å². The quantitative estimate of drug-likeness (QED) is 0.583. The van der Waals surface area contributed by atoms with Crippen molar-refractivity contribution in [2.45, 2.75) is 31.2 Å². The van der Waals surface area contributed by atoms with Crippen molar-refractivity contribution in [2.24, 2.45) is 5.92 Å². The number of para-hydroxylation sites is 1. The van der Waals surface area contributed by atoms with Crippen molar-refractivity contribution in [1.82, 2.24) is 9.71 Å². The third kappa shape index (κ3) is 4.81. The topological polar surface area (TPSA) is 107 Å². The van der Waals surface area contributed by atoms with Crippen LogP contribution in [-0.4, -0.2) is 38.6 Å². The maximum atomic E-state index is 13.0. The van der Waals surface area contributed by atoms with Crippen LogP contribution in [0.3, 0.4) is 0 Å². The summed E-state index contributed by atoms with van der Waals surface area (Å²) in [6.45, 7) is 4.51. The molecule has 2 aromatic carbocycles. The molecule has 1 aromatic heterocycles. The lowest BCUT2D eigenvalue weighted by Gasteiger charge is -2.21. The van der Waals surface area contributed by atoms with Gasteiger partial charge in [0, 0.05) is 12.5 Å². The second kappa shape index (κ2) is 8.81. The van der Waals surface area contributed by atoms with E-state index in [0.29, 0.717) is 29.8 Å². The van der Waals surface area contributed by atoms with Gasteiger partial charge < -0.3 is 14.8 Å². The number of ether oxygens (including phenoxy) is 2. The molecule has 164 valence electrons. The van der Waals surface area contributed by atoms with Gasteiger partial charge >= 0.3 is 0 Å². The summed E-state index contributed by atoms with van der Waals surface area (Å²) in [6.07, 6.45) is 0.719. The molecule has 1 amide bonds. The Hall–Kier alpha value is -2.69. The minimum Gasteiger partial charge on any atom is -0.490 e. The summed E-state index contributed by atoms with van der Waals surface area (Å²) in [6, 6.07) is 11.0. The predicted octanol–water partition coefficient (Wildman–Crippen LogP) is 3.40. The number of anilines is 1. The number of amides is 1. The van der Waals surface area contributed by atoms with Crippen LogP contribution in [0.2, 0.25) is 0 Å². The molecule has 1 atom stereocenters. The highest BCUT2D eigenvalue weighted by Crippen LogP contribution is 2.32. The van der Waals surface area contributed by atoms with Gasteiger partial charge in [-0.15, -0.1) is 0 Å². The number of hydrogen-bond donors (Lipinski definition) is 2. The highest BCUT2D eigenvalue weighted by atomic mass is 32.2. The molecule has 4 rings (SSSR count). The van der Waals surface area contributed by atoms with Crippen LogP contribution in [0.5, 0.6) is 11.5 Å². The van der Waals surface area contributed by atoms with E-state index in [1.54, 1.807) is 19.9 Å². The largest absolute Gasteiger partial charge is 0.490 e. The molecule has 2 heterocycles. The van der Waals surface area contributed by atoms with E-state index in [-0.39, 0.29) is 10.8 Å². The van der Waals surface area contributed by atoms with Crippen LogP contribution in [0.15, 0.2) is 47.4 Å². The summed E-state index contributed by atoms with van der Waals surface area (Å²) >= 11 is 1.34. The molecule has 0 spiro atoms. The van der Waals surface area contributed by atoms with Gasteiger partial charge in [0.2, 0.25) is 15.9 Å². The monoisotopic (exact) mass is 461 g/mol. The van der Waals surface area contributed by atoms with Gasteiger partial charge in [-0.1, -0.05) is 37.3 Å². The number of fused-ring (bicyclic) bond motifs is 2. The zero-order chi connectivity index (χ0) is 22.0. The molecule has 0 saturated heterocycles. The molecular formula is C21H23N3O5S2. The molecule has 3 aromatic rings. The zero-order valence-electron chi connectivity index (χ0n) is 17.1. The van der Waals surface area contributed by atoms with Crippen molar-refractivity contribution in [3.63, 3.8) is 0 Å². The number of nitrogens with zero attached hydrogens (tertiary/aromatic N) is 1. The first-order valence-electron chi connectivity index (χ1n) is 9.92. The Labute approximate surface area is 184 Å². The highest BCUT2D eigenvalue weighted by molar-refractivity contribution is 7.89. The van der Waals surface area contributed by atoms with Crippen molar-refractivity contribution < 1.29 is 22.7 Å². The molecular weight excluding hydrogens is 438 g/mol. The number of aromatic nitrogens is 1. The average Bonchev–Trinajstić information content (AvgIpc) is 2.98. The van der Waals surface area contributed by atoms with Crippen LogP contribution < -0.4 is 19.5 Å². The van der Waals surface area contributed by atoms with Crippen molar-refractivity contribution in [1.29, 1.82) is 0 Å². The fraction of sp³-hybridized carbons (Fsp3) is 0.333. The second-order valence-electron chi connectivity index (χ2n) is 7.48. The lowest BCUT2D eigenvalue weighted by Crippen LogP contribution is -2.47. The molecule has 10 heteroatoms. The van der Waals surface area contributed by atoms with Gasteiger partial charge in [-0.3, -0.25) is 4.79 Å². The first kappa shape index (κ1) is 21.5. The van der Waals surface area contributed by atoms with Gasteiger partial charge in [-0.05, 0) is 30.2 Å². The van der Waals surface area contributed by atoms with Gasteiger partial charge in [-0.2, -0.15) is 4.72 Å². The van der Waals surface area contributed by atoms with E-state index >= 15 is 0 Å². The van der Waals surface area contributed by atoms with E-state index in [0.717, 1.165) is 16.6 Å². The van der Waals surface area contributed by atoms with Crippen molar-refractivity contribution >= 4 is 42.6 Å². The van der Waals surface area contributed by atoms with Crippen molar-refractivity contribution in [2.75, 3.05) is 18.5 Å². The summed E-state index contributed by atoms with van der Waals surface area (Å²) < 4.78 is 40.6. The van der Waals surface area contributed by atoms with Crippen molar-refractivity contribution in [3.8, 4) is 11.5 Å². The van der Waals surface area contributed by atoms with E-state index in [4.69, 9.17) is 9.47 Å². The second-order valence-corrected chi connectivity index (χ2v) is 10.2. The van der Waals surface area contributed by atoms with Crippen LogP contribution in [-0.2, 0) is 14.8 Å². The molecule has 0 aliphatic carbocycles. The first-order chi connectivity index (χ1) is 14.8. The van der Waals surface area contributed by atoms with Crippen LogP contribution in [0.1, 0.15) is 20.3 Å². The molecule has 0 saturated carbocycles. The normalized spacial score (nSPS) is 14.9. The van der Waals surface area contributed by atoms with Gasteiger partial charge in [0.1, 0.15) is 6.04 Å². The Morgan fingerprint density at radius 2 is 1.84 bits per heavy atom. The standard InChI is InChI=1S/C21H23N3O5S2/c1-13(2)19(20(25)23-21-22-15-6-3-4-7-18(15)30-21)24-31(26,27)14-8-9-16-17(12-14)29-11-5-10-28-16/h3-4,6-9,12-13,19,24H,5,10-11H2,1-2H3,(H,22,23,25)/t19-/m0/s1. The molecule has 8 nitrogen and oxygen atoms in total. The molecule has 2 N–H and O–H groups in total. The Bertz CT molecular complexity index is 1170. The maximum Gasteiger partial charge on any atom is 0.244 e. The number of rotatable bonds is 6. The fourth-order valence-corrected chi connectivity index (χ4v) is 5.37. The molecule has 0 unspecified atom stereocenters. The Kier molecular flexibility index (Phi) is 6.12. The minimum absolute atomic E-state index is 0.00943. The molecule has 0 fully saturated rings. The van der Waals surface area contributed by atoms with Gasteiger partial charge in [0.25, 0.3) is 0 Å². The van der Waals surface area contributed by atoms with Crippen LogP contribution >= 0.6 is 11.3 Å². The highest BCUT2D eigenvalue weighted by Gasteiger charge is 2.30. The van der Waals surface area contributed by atoms with E-state index in [1.807, 2.05) is 24.3 Å². The molecule has 1 aliphatic rings. The molecule has 31 heavy (non-hydrogen) atoms. The smallest absolute Gasteiger partial charge is 0.244 e.